The lowest BCUT2D eigenvalue weighted by atomic mass is 10.3. The van der Waals surface area contributed by atoms with Gasteiger partial charge in [0.1, 0.15) is 5.15 Å². The van der Waals surface area contributed by atoms with Gasteiger partial charge in [-0.1, -0.05) is 11.6 Å². The molecule has 5 heteroatoms. The maximum atomic E-state index is 5.80. The van der Waals surface area contributed by atoms with E-state index in [1.807, 2.05) is 13.0 Å². The molecule has 2 rings (SSSR count). The van der Waals surface area contributed by atoms with Crippen LogP contribution >= 0.6 is 38.9 Å². The molecule has 1 N–H and O–H groups in total. The number of nitrogens with zero attached hydrogens (tertiary/aromatic N) is 1. The van der Waals surface area contributed by atoms with Crippen molar-refractivity contribution in [1.29, 1.82) is 0 Å². The van der Waals surface area contributed by atoms with Gasteiger partial charge in [-0.2, -0.15) is 0 Å². The van der Waals surface area contributed by atoms with Crippen LogP contribution in [0, 0.1) is 6.92 Å². The predicted octanol–water partition coefficient (Wildman–Crippen LogP) is 4.48. The highest BCUT2D eigenvalue weighted by atomic mass is 79.9. The van der Waals surface area contributed by atoms with Crippen molar-refractivity contribution in [3.05, 3.63) is 43.8 Å². The molecule has 84 valence electrons. The van der Waals surface area contributed by atoms with E-state index in [9.17, 15) is 0 Å². The summed E-state index contributed by atoms with van der Waals surface area (Å²) >= 11 is 11.0. The van der Waals surface area contributed by atoms with Crippen LogP contribution in [0.15, 0.2) is 28.1 Å². The van der Waals surface area contributed by atoms with Crippen molar-refractivity contribution >= 4 is 44.6 Å². The first-order valence-electron chi connectivity index (χ1n) is 4.75. The molecule has 0 aromatic carbocycles. The topological polar surface area (TPSA) is 24.9 Å². The summed E-state index contributed by atoms with van der Waals surface area (Å²) in [6.07, 6.45) is 0. The van der Waals surface area contributed by atoms with E-state index in [1.165, 1.54) is 4.88 Å². The number of halogens is 2. The van der Waals surface area contributed by atoms with Crippen molar-refractivity contribution in [1.82, 2.24) is 4.98 Å². The molecule has 0 saturated heterocycles. The molecule has 0 radical (unpaired) electrons. The van der Waals surface area contributed by atoms with Crippen LogP contribution in [0.25, 0.3) is 0 Å². The summed E-state index contributed by atoms with van der Waals surface area (Å²) in [5.74, 6) is 0. The summed E-state index contributed by atoms with van der Waals surface area (Å²) in [5.41, 5.74) is 1.94. The second kappa shape index (κ2) is 5.17. The lowest BCUT2D eigenvalue weighted by Crippen LogP contribution is -2.01. The number of hydrogen-bond acceptors (Lipinski definition) is 3. The third kappa shape index (κ3) is 2.75. The summed E-state index contributed by atoms with van der Waals surface area (Å²) in [5, 5.41) is 5.93. The Morgan fingerprint density at radius 3 is 2.88 bits per heavy atom. The highest BCUT2D eigenvalue weighted by Gasteiger charge is 2.03. The van der Waals surface area contributed by atoms with Gasteiger partial charge in [-0.25, -0.2) is 4.98 Å². The van der Waals surface area contributed by atoms with Crippen molar-refractivity contribution in [2.45, 2.75) is 13.5 Å². The first-order chi connectivity index (χ1) is 7.66. The average molecular weight is 318 g/mol. The monoisotopic (exact) mass is 316 g/mol. The molecule has 0 aliphatic rings. The zero-order valence-corrected chi connectivity index (χ0v) is 11.8. The second-order valence-electron chi connectivity index (χ2n) is 3.31. The molecule has 2 aromatic rings. The lowest BCUT2D eigenvalue weighted by Gasteiger charge is -2.08. The molecule has 0 spiro atoms. The molecule has 16 heavy (non-hydrogen) atoms. The van der Waals surface area contributed by atoms with E-state index in [0.717, 1.165) is 22.4 Å². The van der Waals surface area contributed by atoms with Crippen molar-refractivity contribution in [3.8, 4) is 0 Å². The predicted molar refractivity (Wildman–Crippen MR) is 73.3 cm³/mol. The Hall–Kier alpha value is -0.580. The van der Waals surface area contributed by atoms with Crippen LogP contribution in [-0.2, 0) is 6.54 Å². The molecule has 0 unspecified atom stereocenters. The average Bonchev–Trinajstić information content (AvgIpc) is 2.63. The molecular formula is C11H10BrClN2S. The molecular weight excluding hydrogens is 308 g/mol. The van der Waals surface area contributed by atoms with Crippen LogP contribution in [0.5, 0.6) is 0 Å². The van der Waals surface area contributed by atoms with Gasteiger partial charge in [-0.3, -0.25) is 0 Å². The van der Waals surface area contributed by atoms with E-state index in [0.29, 0.717) is 5.15 Å². The van der Waals surface area contributed by atoms with Gasteiger partial charge in [0.15, 0.2) is 0 Å². The normalized spacial score (nSPS) is 10.4. The standard InChI is InChI=1S/C11H10BrClN2S/c1-7-9(2-3-11(13)15-7)14-6-10-8(12)4-5-16-10/h2-5,14H,6H2,1H3. The third-order valence-corrected chi connectivity index (χ3v) is 4.32. The van der Waals surface area contributed by atoms with Gasteiger partial charge in [0.25, 0.3) is 0 Å². The Morgan fingerprint density at radius 1 is 1.44 bits per heavy atom. The van der Waals surface area contributed by atoms with Gasteiger partial charge in [-0.15, -0.1) is 11.3 Å². The molecule has 0 aliphatic carbocycles. The van der Waals surface area contributed by atoms with Gasteiger partial charge in [-0.05, 0) is 46.4 Å². The molecule has 0 bridgehead atoms. The van der Waals surface area contributed by atoms with Crippen LogP contribution in [0.3, 0.4) is 0 Å². The van der Waals surface area contributed by atoms with Crippen molar-refractivity contribution in [2.75, 3.05) is 5.32 Å². The van der Waals surface area contributed by atoms with Crippen molar-refractivity contribution < 1.29 is 0 Å². The molecule has 0 amide bonds. The van der Waals surface area contributed by atoms with Crippen molar-refractivity contribution in [2.24, 2.45) is 0 Å². The number of hydrogen-bond donors (Lipinski definition) is 1. The molecule has 0 saturated carbocycles. The molecule has 0 fully saturated rings. The number of pyridine rings is 1. The zero-order valence-electron chi connectivity index (χ0n) is 8.63. The Bertz CT molecular complexity index is 498. The third-order valence-electron chi connectivity index (χ3n) is 2.18. The Kier molecular flexibility index (Phi) is 3.84. The quantitative estimate of drug-likeness (QED) is 0.844. The van der Waals surface area contributed by atoms with Gasteiger partial charge in [0.05, 0.1) is 17.9 Å². The number of aryl methyl sites for hydroxylation is 1. The Labute approximate surface area is 112 Å². The van der Waals surface area contributed by atoms with Crippen molar-refractivity contribution in [3.63, 3.8) is 0 Å². The second-order valence-corrected chi connectivity index (χ2v) is 5.55. The SMILES string of the molecule is Cc1nc(Cl)ccc1NCc1sccc1Br. The van der Waals surface area contributed by atoms with Gasteiger partial charge in [0, 0.05) is 9.35 Å². The zero-order chi connectivity index (χ0) is 11.5. The van der Waals surface area contributed by atoms with Crippen LogP contribution in [-0.4, -0.2) is 4.98 Å². The molecule has 2 aromatic heterocycles. The fourth-order valence-electron chi connectivity index (χ4n) is 1.34. The number of thiophene rings is 1. The highest BCUT2D eigenvalue weighted by Crippen LogP contribution is 2.24. The first-order valence-corrected chi connectivity index (χ1v) is 6.81. The Morgan fingerprint density at radius 2 is 2.25 bits per heavy atom. The van der Waals surface area contributed by atoms with Crippen LogP contribution in [0.2, 0.25) is 5.15 Å². The number of nitrogens with one attached hydrogen (secondary N) is 1. The first kappa shape index (κ1) is 11.9. The molecule has 2 heterocycles. The van der Waals surface area contributed by atoms with E-state index in [1.54, 1.807) is 17.4 Å². The number of anilines is 1. The van der Waals surface area contributed by atoms with Crippen LogP contribution in [0.1, 0.15) is 10.6 Å². The smallest absolute Gasteiger partial charge is 0.129 e. The minimum absolute atomic E-state index is 0.528. The highest BCUT2D eigenvalue weighted by molar-refractivity contribution is 9.10. The molecule has 0 atom stereocenters. The minimum atomic E-state index is 0.528. The number of rotatable bonds is 3. The van der Waals surface area contributed by atoms with Crippen LogP contribution < -0.4 is 5.32 Å². The Balaban J connectivity index is 2.08. The number of aromatic nitrogens is 1. The van der Waals surface area contributed by atoms with Gasteiger partial charge in [0.2, 0.25) is 0 Å². The fraction of sp³-hybridized carbons (Fsp3) is 0.182. The van der Waals surface area contributed by atoms with E-state index in [2.05, 4.69) is 37.7 Å². The van der Waals surface area contributed by atoms with E-state index in [4.69, 9.17) is 11.6 Å². The molecule has 2 nitrogen and oxygen atoms in total. The lowest BCUT2D eigenvalue weighted by molar-refractivity contribution is 1.13. The summed E-state index contributed by atoms with van der Waals surface area (Å²) in [6.45, 7) is 2.74. The van der Waals surface area contributed by atoms with Crippen LogP contribution in [0.4, 0.5) is 5.69 Å². The van der Waals surface area contributed by atoms with E-state index in [-0.39, 0.29) is 0 Å². The maximum Gasteiger partial charge on any atom is 0.129 e. The maximum absolute atomic E-state index is 5.80. The summed E-state index contributed by atoms with van der Waals surface area (Å²) in [6, 6.07) is 5.79. The summed E-state index contributed by atoms with van der Waals surface area (Å²) in [7, 11) is 0. The summed E-state index contributed by atoms with van der Waals surface area (Å²) < 4.78 is 1.14. The summed E-state index contributed by atoms with van der Waals surface area (Å²) in [4.78, 5) is 5.46. The minimum Gasteiger partial charge on any atom is -0.379 e. The fourth-order valence-corrected chi connectivity index (χ4v) is 2.97. The van der Waals surface area contributed by atoms with E-state index >= 15 is 0 Å². The largest absolute Gasteiger partial charge is 0.379 e. The van der Waals surface area contributed by atoms with Gasteiger partial charge < -0.3 is 5.32 Å². The van der Waals surface area contributed by atoms with Gasteiger partial charge >= 0.3 is 0 Å². The molecule has 0 aliphatic heterocycles. The van der Waals surface area contributed by atoms with E-state index < -0.39 is 0 Å².